The summed E-state index contributed by atoms with van der Waals surface area (Å²) in [4.78, 5) is 33.2. The molecule has 142 valence electrons. The van der Waals surface area contributed by atoms with Crippen LogP contribution in [-0.4, -0.2) is 21.3 Å². The Morgan fingerprint density at radius 2 is 1.83 bits per heavy atom. The Labute approximate surface area is 166 Å². The van der Waals surface area contributed by atoms with Crippen molar-refractivity contribution in [2.24, 2.45) is 0 Å². The van der Waals surface area contributed by atoms with Crippen molar-refractivity contribution in [3.63, 3.8) is 0 Å². The number of rotatable bonds is 4. The molecule has 1 aliphatic heterocycles. The van der Waals surface area contributed by atoms with Crippen molar-refractivity contribution in [3.8, 4) is 22.1 Å². The molecule has 1 atom stereocenters. The summed E-state index contributed by atoms with van der Waals surface area (Å²) in [7, 11) is -1.44. The highest BCUT2D eigenvalue weighted by atomic mass is 32.2. The number of thiophene rings is 1. The van der Waals surface area contributed by atoms with Crippen LogP contribution in [0.3, 0.4) is 0 Å². The summed E-state index contributed by atoms with van der Waals surface area (Å²) in [5, 5.41) is 16.7. The van der Waals surface area contributed by atoms with Gasteiger partial charge in [-0.15, -0.1) is 0 Å². The van der Waals surface area contributed by atoms with Gasteiger partial charge in [-0.2, -0.15) is 0 Å². The zero-order chi connectivity index (χ0) is 20.0. The molecule has 1 unspecified atom stereocenters. The fourth-order valence-corrected chi connectivity index (χ4v) is 5.10. The highest BCUT2D eigenvalue weighted by Crippen LogP contribution is 2.52. The molecule has 4 aromatic rings. The van der Waals surface area contributed by atoms with E-state index in [9.17, 15) is 14.7 Å². The number of hydrogen-bond donors (Lipinski definition) is 2. The molecule has 0 aliphatic carbocycles. The third kappa shape index (κ3) is 2.84. The number of hydrogen-bond acceptors (Lipinski definition) is 6. The Morgan fingerprint density at radius 1 is 1.00 bits per heavy atom. The second-order valence-corrected chi connectivity index (χ2v) is 7.91. The predicted octanol–water partition coefficient (Wildman–Crippen LogP) is 3.99. The topological polar surface area (TPSA) is 116 Å². The SMILES string of the molecule is O=C1Nc2ccnc3c2c(c(-c2ccc(Oc4ccccn4)cc2)[s+]3C(=O)[O-])N1. The molecule has 9 heteroatoms. The molecular formula is C20H12N4O4S. The number of aromatic nitrogens is 2. The number of carbonyl (C=O) groups is 2. The first-order chi connectivity index (χ1) is 14.1. The predicted molar refractivity (Wildman–Crippen MR) is 107 cm³/mol. The second kappa shape index (κ2) is 6.57. The van der Waals surface area contributed by atoms with Crippen molar-refractivity contribution in [1.29, 1.82) is 0 Å². The van der Waals surface area contributed by atoms with E-state index in [4.69, 9.17) is 4.74 Å². The zero-order valence-electron chi connectivity index (χ0n) is 14.7. The maximum Gasteiger partial charge on any atom is 0.323 e. The summed E-state index contributed by atoms with van der Waals surface area (Å²) < 4.78 is 5.69. The highest BCUT2D eigenvalue weighted by molar-refractivity contribution is 7.57. The lowest BCUT2D eigenvalue weighted by molar-refractivity contribution is -0.233. The fourth-order valence-electron chi connectivity index (χ4n) is 3.27. The van der Waals surface area contributed by atoms with Crippen molar-refractivity contribution in [2.75, 3.05) is 10.6 Å². The maximum atomic E-state index is 12.1. The summed E-state index contributed by atoms with van der Waals surface area (Å²) >= 11 is 0. The standard InChI is InChI=1S/C20H12N4O4S/c25-19-23-13-8-10-22-18-15(13)16(24-19)17(29(18)20(26)27)11-4-6-12(7-5-11)28-14-3-1-2-9-21-14/h1-10H,(H2-,22,23,24,25,26,27). The molecular weight excluding hydrogens is 392 g/mol. The van der Waals surface area contributed by atoms with Crippen molar-refractivity contribution in [3.05, 3.63) is 60.9 Å². The van der Waals surface area contributed by atoms with Gasteiger partial charge in [0.25, 0.3) is 4.83 Å². The smallest absolute Gasteiger partial charge is 0.323 e. The zero-order valence-corrected chi connectivity index (χ0v) is 15.5. The average Bonchev–Trinajstić information content (AvgIpc) is 3.05. The van der Waals surface area contributed by atoms with Crippen LogP contribution < -0.4 is 20.5 Å². The third-order valence-electron chi connectivity index (χ3n) is 4.42. The Kier molecular flexibility index (Phi) is 3.88. The van der Waals surface area contributed by atoms with E-state index in [0.29, 0.717) is 43.7 Å². The van der Waals surface area contributed by atoms with Crippen LogP contribution in [0.4, 0.5) is 21.0 Å². The molecule has 2 amide bonds. The molecule has 0 spiro atoms. The van der Waals surface area contributed by atoms with Gasteiger partial charge in [-0.25, -0.2) is 14.8 Å². The number of carbonyl (C=O) groups excluding carboxylic acids is 2. The summed E-state index contributed by atoms with van der Waals surface area (Å²) in [6.45, 7) is 0. The molecule has 0 saturated carbocycles. The summed E-state index contributed by atoms with van der Waals surface area (Å²) in [6.07, 6.45) is 3.11. The van der Waals surface area contributed by atoms with Crippen LogP contribution in [0.2, 0.25) is 0 Å². The van der Waals surface area contributed by atoms with Gasteiger partial charge >= 0.3 is 11.3 Å². The maximum absolute atomic E-state index is 12.1. The first-order valence-electron chi connectivity index (χ1n) is 8.58. The van der Waals surface area contributed by atoms with Gasteiger partial charge in [-0.05, 0) is 36.4 Å². The van der Waals surface area contributed by atoms with E-state index in [0.717, 1.165) is 0 Å². The van der Waals surface area contributed by atoms with Crippen LogP contribution in [0.25, 0.3) is 20.7 Å². The van der Waals surface area contributed by atoms with E-state index in [-0.39, 0.29) is 0 Å². The summed E-state index contributed by atoms with van der Waals surface area (Å²) in [6, 6.07) is 13.5. The number of ether oxygens (including phenoxy) is 1. The molecule has 1 aliphatic rings. The molecule has 29 heavy (non-hydrogen) atoms. The molecule has 8 nitrogen and oxygen atoms in total. The number of benzene rings is 1. The molecule has 1 aromatic carbocycles. The molecule has 0 bridgehead atoms. The lowest BCUT2D eigenvalue weighted by atomic mass is 10.1. The second-order valence-electron chi connectivity index (χ2n) is 6.17. The lowest BCUT2D eigenvalue weighted by Crippen LogP contribution is -2.23. The normalized spacial score (nSPS) is 13.0. The monoisotopic (exact) mass is 404 g/mol. The Hall–Kier alpha value is -3.98. The van der Waals surface area contributed by atoms with Gasteiger partial charge < -0.3 is 25.3 Å². The van der Waals surface area contributed by atoms with Crippen LogP contribution in [0.15, 0.2) is 60.9 Å². The van der Waals surface area contributed by atoms with E-state index in [1.807, 2.05) is 6.07 Å². The summed E-state index contributed by atoms with van der Waals surface area (Å²) in [5.74, 6) is 1.000. The highest BCUT2D eigenvalue weighted by Gasteiger charge is 2.36. The van der Waals surface area contributed by atoms with Crippen molar-refractivity contribution < 1.29 is 19.4 Å². The van der Waals surface area contributed by atoms with E-state index in [1.54, 1.807) is 48.7 Å². The molecule has 4 heterocycles. The first-order valence-corrected chi connectivity index (χ1v) is 9.80. The van der Waals surface area contributed by atoms with Crippen molar-refractivity contribution in [2.45, 2.75) is 0 Å². The number of carboxylic acid groups (broad SMARTS) is 1. The number of urea groups is 1. The number of nitrogens with zero attached hydrogens (tertiary/aromatic N) is 2. The fraction of sp³-hybridized carbons (Fsp3) is 0. The Balaban J connectivity index is 1.64. The molecule has 0 radical (unpaired) electrons. The lowest BCUT2D eigenvalue weighted by Gasteiger charge is -2.13. The van der Waals surface area contributed by atoms with Gasteiger partial charge in [0.05, 0.1) is 16.2 Å². The quantitative estimate of drug-likeness (QED) is 0.497. The van der Waals surface area contributed by atoms with Gasteiger partial charge in [-0.1, -0.05) is 6.07 Å². The van der Waals surface area contributed by atoms with Crippen LogP contribution in [0.5, 0.6) is 11.6 Å². The number of pyridine rings is 2. The van der Waals surface area contributed by atoms with Crippen molar-refractivity contribution >= 4 is 43.4 Å². The number of nitrogens with one attached hydrogen (secondary N) is 2. The van der Waals surface area contributed by atoms with Gasteiger partial charge in [0, 0.05) is 24.0 Å². The van der Waals surface area contributed by atoms with Gasteiger partial charge in [0.1, 0.15) is 16.8 Å². The van der Waals surface area contributed by atoms with E-state index < -0.39 is 21.8 Å². The van der Waals surface area contributed by atoms with Gasteiger partial charge in [0.15, 0.2) is 0 Å². The largest absolute Gasteiger partial charge is 0.500 e. The number of anilines is 2. The minimum absolute atomic E-state index is 0.369. The molecule has 5 rings (SSSR count). The Bertz CT molecular complexity index is 1270. The number of amides is 2. The third-order valence-corrected chi connectivity index (χ3v) is 6.30. The minimum Gasteiger partial charge on any atom is -0.500 e. The van der Waals surface area contributed by atoms with Crippen LogP contribution in [0, 0.1) is 0 Å². The van der Waals surface area contributed by atoms with E-state index in [2.05, 4.69) is 20.6 Å². The van der Waals surface area contributed by atoms with E-state index >= 15 is 0 Å². The van der Waals surface area contributed by atoms with Gasteiger partial charge in [-0.3, -0.25) is 0 Å². The first kappa shape index (κ1) is 17.1. The van der Waals surface area contributed by atoms with Gasteiger partial charge in [0.2, 0.25) is 10.8 Å². The van der Waals surface area contributed by atoms with Crippen molar-refractivity contribution in [1.82, 2.24) is 9.97 Å². The molecule has 3 aromatic heterocycles. The average molecular weight is 404 g/mol. The molecule has 0 fully saturated rings. The van der Waals surface area contributed by atoms with Crippen LogP contribution in [0.1, 0.15) is 0 Å². The molecule has 0 saturated heterocycles. The summed E-state index contributed by atoms with van der Waals surface area (Å²) in [5.41, 5.74) is 1.60. The Morgan fingerprint density at radius 3 is 2.55 bits per heavy atom. The van der Waals surface area contributed by atoms with Crippen LogP contribution >= 0.6 is 10.5 Å². The minimum atomic E-state index is -1.44. The molecule has 2 N–H and O–H groups in total. The van der Waals surface area contributed by atoms with Crippen LogP contribution in [-0.2, 0) is 0 Å². The van der Waals surface area contributed by atoms with E-state index in [1.165, 1.54) is 6.20 Å².